The van der Waals surface area contributed by atoms with E-state index in [0.29, 0.717) is 17.3 Å². The maximum atomic E-state index is 12.4. The summed E-state index contributed by atoms with van der Waals surface area (Å²) in [6.45, 7) is 4.05. The van der Waals surface area contributed by atoms with E-state index in [1.165, 1.54) is 0 Å². The third-order valence-electron chi connectivity index (χ3n) is 4.01. The van der Waals surface area contributed by atoms with Gasteiger partial charge in [-0.2, -0.15) is 5.10 Å². The number of nitrogens with two attached hydrogens (primary N) is 1. The Balaban J connectivity index is 1.87. The van der Waals surface area contributed by atoms with E-state index >= 15 is 0 Å². The van der Waals surface area contributed by atoms with Gasteiger partial charge in [0.15, 0.2) is 5.69 Å². The molecular weight excluding hydrogens is 264 g/mol. The SMILES string of the molecule is CCc1cccc(C)c1NC(=O)c1n[nH]c(C2CC2)c1N. The minimum atomic E-state index is -0.250. The Labute approximate surface area is 123 Å². The molecule has 0 saturated heterocycles. The molecule has 0 bridgehead atoms. The van der Waals surface area contributed by atoms with Crippen LogP contribution in [0.15, 0.2) is 18.2 Å². The zero-order chi connectivity index (χ0) is 15.0. The molecule has 1 fully saturated rings. The number of H-pyrrole nitrogens is 1. The molecule has 1 aromatic heterocycles. The van der Waals surface area contributed by atoms with Crippen LogP contribution in [0.2, 0.25) is 0 Å². The molecule has 1 aliphatic rings. The van der Waals surface area contributed by atoms with Gasteiger partial charge in [0.1, 0.15) is 0 Å². The standard InChI is InChI=1S/C16H20N4O/c1-3-10-6-4-5-9(2)13(10)18-16(21)15-12(17)14(19-20-15)11-7-8-11/h4-6,11H,3,7-8,17H2,1-2H3,(H,18,21)(H,19,20). The van der Waals surface area contributed by atoms with Crippen LogP contribution < -0.4 is 11.1 Å². The lowest BCUT2D eigenvalue weighted by molar-refractivity contribution is 0.102. The van der Waals surface area contributed by atoms with E-state index in [-0.39, 0.29) is 5.91 Å². The molecule has 1 aromatic carbocycles. The predicted molar refractivity (Wildman–Crippen MR) is 83.5 cm³/mol. The first-order chi connectivity index (χ1) is 10.1. The molecule has 0 spiro atoms. The van der Waals surface area contributed by atoms with Gasteiger partial charge in [-0.3, -0.25) is 9.89 Å². The van der Waals surface area contributed by atoms with Gasteiger partial charge in [-0.05, 0) is 37.3 Å². The van der Waals surface area contributed by atoms with Gasteiger partial charge in [-0.25, -0.2) is 0 Å². The zero-order valence-corrected chi connectivity index (χ0v) is 12.4. The van der Waals surface area contributed by atoms with E-state index in [1.807, 2.05) is 25.1 Å². The number of nitrogen functional groups attached to an aromatic ring is 1. The van der Waals surface area contributed by atoms with Gasteiger partial charge in [0.2, 0.25) is 0 Å². The number of anilines is 2. The van der Waals surface area contributed by atoms with E-state index in [1.54, 1.807) is 0 Å². The Hall–Kier alpha value is -2.30. The first-order valence-corrected chi connectivity index (χ1v) is 7.35. The van der Waals surface area contributed by atoms with Crippen LogP contribution >= 0.6 is 0 Å². The van der Waals surface area contributed by atoms with E-state index in [4.69, 9.17) is 5.73 Å². The van der Waals surface area contributed by atoms with Crippen molar-refractivity contribution in [3.8, 4) is 0 Å². The number of amides is 1. The summed E-state index contributed by atoms with van der Waals surface area (Å²) in [6.07, 6.45) is 3.09. The maximum absolute atomic E-state index is 12.4. The number of nitrogens with zero attached hydrogens (tertiary/aromatic N) is 1. The normalized spacial score (nSPS) is 14.2. The highest BCUT2D eigenvalue weighted by Gasteiger charge is 2.30. The molecule has 21 heavy (non-hydrogen) atoms. The molecule has 1 saturated carbocycles. The van der Waals surface area contributed by atoms with Crippen molar-refractivity contribution < 1.29 is 4.79 Å². The zero-order valence-electron chi connectivity index (χ0n) is 12.4. The minimum absolute atomic E-state index is 0.250. The van der Waals surface area contributed by atoms with Crippen LogP contribution in [-0.2, 0) is 6.42 Å². The lowest BCUT2D eigenvalue weighted by atomic mass is 10.1. The van der Waals surface area contributed by atoms with Crippen LogP contribution in [0.25, 0.3) is 0 Å². The predicted octanol–water partition coefficient (Wildman–Crippen LogP) is 2.99. The summed E-state index contributed by atoms with van der Waals surface area (Å²) in [5, 5.41) is 9.96. The summed E-state index contributed by atoms with van der Waals surface area (Å²) in [6, 6.07) is 6.00. The lowest BCUT2D eigenvalue weighted by Crippen LogP contribution is -2.16. The molecule has 1 heterocycles. The number of nitrogens with one attached hydrogen (secondary N) is 2. The lowest BCUT2D eigenvalue weighted by Gasteiger charge is -2.12. The topological polar surface area (TPSA) is 83.8 Å². The van der Waals surface area contributed by atoms with Crippen LogP contribution in [0.1, 0.15) is 53.0 Å². The van der Waals surface area contributed by atoms with E-state index in [2.05, 4.69) is 22.4 Å². The Bertz CT molecular complexity index is 686. The molecule has 0 atom stereocenters. The van der Waals surface area contributed by atoms with E-state index in [0.717, 1.165) is 41.8 Å². The number of carbonyl (C=O) groups is 1. The van der Waals surface area contributed by atoms with Crippen LogP contribution in [0.3, 0.4) is 0 Å². The number of rotatable bonds is 4. The molecular formula is C16H20N4O. The van der Waals surface area contributed by atoms with Gasteiger partial charge in [-0.15, -0.1) is 0 Å². The highest BCUT2D eigenvalue weighted by atomic mass is 16.2. The molecule has 2 aromatic rings. The summed E-state index contributed by atoms with van der Waals surface area (Å²) < 4.78 is 0. The van der Waals surface area contributed by atoms with Crippen LogP contribution in [0, 0.1) is 6.92 Å². The van der Waals surface area contributed by atoms with Gasteiger partial charge in [0.05, 0.1) is 11.4 Å². The van der Waals surface area contributed by atoms with Crippen molar-refractivity contribution in [1.82, 2.24) is 10.2 Å². The fourth-order valence-corrected chi connectivity index (χ4v) is 2.60. The maximum Gasteiger partial charge on any atom is 0.278 e. The Morgan fingerprint density at radius 2 is 2.24 bits per heavy atom. The fourth-order valence-electron chi connectivity index (χ4n) is 2.60. The smallest absolute Gasteiger partial charge is 0.278 e. The number of benzene rings is 1. The van der Waals surface area contributed by atoms with Crippen LogP contribution in [-0.4, -0.2) is 16.1 Å². The molecule has 1 amide bonds. The number of hydrogen-bond donors (Lipinski definition) is 3. The second-order valence-corrected chi connectivity index (χ2v) is 5.59. The second-order valence-electron chi connectivity index (χ2n) is 5.59. The molecule has 5 heteroatoms. The number of aromatic nitrogens is 2. The van der Waals surface area contributed by atoms with Gasteiger partial charge >= 0.3 is 0 Å². The quantitative estimate of drug-likeness (QED) is 0.807. The first-order valence-electron chi connectivity index (χ1n) is 7.35. The van der Waals surface area contributed by atoms with Crippen molar-refractivity contribution in [1.29, 1.82) is 0 Å². The van der Waals surface area contributed by atoms with Crippen molar-refractivity contribution >= 4 is 17.3 Å². The second kappa shape index (κ2) is 5.24. The summed E-state index contributed by atoms with van der Waals surface area (Å²) in [5.74, 6) is 0.198. The minimum Gasteiger partial charge on any atom is -0.395 e. The Morgan fingerprint density at radius 3 is 2.90 bits per heavy atom. The number of carbonyl (C=O) groups excluding carboxylic acids is 1. The Kier molecular flexibility index (Phi) is 3.41. The third-order valence-corrected chi connectivity index (χ3v) is 4.01. The molecule has 4 N–H and O–H groups in total. The average molecular weight is 284 g/mol. The summed E-state index contributed by atoms with van der Waals surface area (Å²) in [4.78, 5) is 12.4. The molecule has 0 aliphatic heterocycles. The Morgan fingerprint density at radius 1 is 1.48 bits per heavy atom. The fraction of sp³-hybridized carbons (Fsp3) is 0.375. The number of hydrogen-bond acceptors (Lipinski definition) is 3. The largest absolute Gasteiger partial charge is 0.395 e. The van der Waals surface area contributed by atoms with Gasteiger partial charge < -0.3 is 11.1 Å². The third kappa shape index (κ3) is 2.51. The first kappa shape index (κ1) is 13.7. The monoisotopic (exact) mass is 284 g/mol. The summed E-state index contributed by atoms with van der Waals surface area (Å²) in [5.41, 5.74) is 10.8. The molecule has 5 nitrogen and oxygen atoms in total. The van der Waals surface area contributed by atoms with Crippen molar-refractivity contribution in [3.05, 3.63) is 40.7 Å². The van der Waals surface area contributed by atoms with Gasteiger partial charge in [0, 0.05) is 11.6 Å². The van der Waals surface area contributed by atoms with Crippen molar-refractivity contribution in [2.75, 3.05) is 11.1 Å². The number of aryl methyl sites for hydroxylation is 2. The number of para-hydroxylation sites is 1. The molecule has 0 radical (unpaired) electrons. The molecule has 110 valence electrons. The molecule has 0 unspecified atom stereocenters. The van der Waals surface area contributed by atoms with Gasteiger partial charge in [-0.1, -0.05) is 25.1 Å². The van der Waals surface area contributed by atoms with Gasteiger partial charge in [0.25, 0.3) is 5.91 Å². The number of aromatic amines is 1. The van der Waals surface area contributed by atoms with Crippen molar-refractivity contribution in [3.63, 3.8) is 0 Å². The van der Waals surface area contributed by atoms with Crippen LogP contribution in [0.4, 0.5) is 11.4 Å². The molecule has 1 aliphatic carbocycles. The van der Waals surface area contributed by atoms with E-state index in [9.17, 15) is 4.79 Å². The average Bonchev–Trinajstić information content (AvgIpc) is 3.24. The van der Waals surface area contributed by atoms with Crippen LogP contribution in [0.5, 0.6) is 0 Å². The summed E-state index contributed by atoms with van der Waals surface area (Å²) in [7, 11) is 0. The molecule has 3 rings (SSSR count). The highest BCUT2D eigenvalue weighted by molar-refractivity contribution is 6.07. The van der Waals surface area contributed by atoms with Crippen molar-refractivity contribution in [2.24, 2.45) is 0 Å². The summed E-state index contributed by atoms with van der Waals surface area (Å²) >= 11 is 0. The highest BCUT2D eigenvalue weighted by Crippen LogP contribution is 2.42. The van der Waals surface area contributed by atoms with E-state index < -0.39 is 0 Å². The van der Waals surface area contributed by atoms with Crippen molar-refractivity contribution in [2.45, 2.75) is 39.0 Å².